The molecule has 0 aromatic heterocycles. The highest BCUT2D eigenvalue weighted by Gasteiger charge is 2.13. The van der Waals surface area contributed by atoms with Gasteiger partial charge in [-0.1, -0.05) is 12.1 Å². The summed E-state index contributed by atoms with van der Waals surface area (Å²) in [7, 11) is 1.39. The zero-order valence-electron chi connectivity index (χ0n) is 11.0. The molecule has 0 aliphatic heterocycles. The summed E-state index contributed by atoms with van der Waals surface area (Å²) in [5, 5.41) is 2.65. The molecule has 0 aliphatic rings. The van der Waals surface area contributed by atoms with Crippen LogP contribution in [0.25, 0.3) is 0 Å². The lowest BCUT2D eigenvalue weighted by molar-refractivity contribution is 0.0769. The largest absolute Gasteiger partial charge is 0.373 e. The van der Waals surface area contributed by atoms with Crippen LogP contribution in [0.2, 0.25) is 0 Å². The fourth-order valence-electron chi connectivity index (χ4n) is 1.42. The highest BCUT2D eigenvalue weighted by atomic mass is 35.7. The van der Waals surface area contributed by atoms with Crippen molar-refractivity contribution in [2.45, 2.75) is 17.9 Å². The first-order valence-corrected chi connectivity index (χ1v) is 8.21. The van der Waals surface area contributed by atoms with Crippen LogP contribution in [-0.4, -0.2) is 33.6 Å². The number of carbonyl (C=O) groups is 1. The van der Waals surface area contributed by atoms with Gasteiger partial charge in [-0.2, -0.15) is 0 Å². The molecule has 1 aromatic rings. The lowest BCUT2D eigenvalue weighted by atomic mass is 10.2. The number of amides is 1. The van der Waals surface area contributed by atoms with Gasteiger partial charge in [0.15, 0.2) is 0 Å². The third-order valence-corrected chi connectivity index (χ3v) is 3.78. The minimum Gasteiger partial charge on any atom is -0.373 e. The van der Waals surface area contributed by atoms with E-state index >= 15 is 0 Å². The number of hydrogen-bond acceptors (Lipinski definition) is 4. The summed E-state index contributed by atoms with van der Waals surface area (Å²) in [5.41, 5.74) is 0.225. The van der Waals surface area contributed by atoms with Crippen LogP contribution < -0.4 is 5.32 Å². The number of carbonyl (C=O) groups excluding carboxylic acids is 1. The molecule has 0 bridgehead atoms. The average Bonchev–Trinajstić information content (AvgIpc) is 2.41. The smallest absolute Gasteiger partial charge is 0.261 e. The molecule has 1 rings (SSSR count). The minimum absolute atomic E-state index is 0.109. The second kappa shape index (κ2) is 7.42. The molecule has 110 valence electrons. The molecular formula is C13H16ClNO4S. The maximum Gasteiger partial charge on any atom is 0.261 e. The molecule has 0 aliphatic carbocycles. The van der Waals surface area contributed by atoms with Crippen LogP contribution in [0.15, 0.2) is 41.8 Å². The van der Waals surface area contributed by atoms with E-state index in [4.69, 9.17) is 15.4 Å². The Hall–Kier alpha value is -1.37. The van der Waals surface area contributed by atoms with Crippen LogP contribution >= 0.6 is 10.7 Å². The van der Waals surface area contributed by atoms with E-state index in [0.29, 0.717) is 13.2 Å². The van der Waals surface area contributed by atoms with Crippen LogP contribution in [0.4, 0.5) is 0 Å². The summed E-state index contributed by atoms with van der Waals surface area (Å²) in [5.74, 6) is -0.388. The molecule has 0 radical (unpaired) electrons. The van der Waals surface area contributed by atoms with Gasteiger partial charge in [0.1, 0.15) is 0 Å². The fourth-order valence-corrected chi connectivity index (χ4v) is 2.22. The maximum atomic E-state index is 11.9. The van der Waals surface area contributed by atoms with Crippen molar-refractivity contribution in [1.29, 1.82) is 0 Å². The van der Waals surface area contributed by atoms with Gasteiger partial charge in [0.05, 0.1) is 17.6 Å². The van der Waals surface area contributed by atoms with Crippen molar-refractivity contribution in [3.63, 3.8) is 0 Å². The maximum absolute atomic E-state index is 11.9. The third-order valence-electron chi connectivity index (χ3n) is 2.43. The van der Waals surface area contributed by atoms with E-state index in [9.17, 15) is 13.2 Å². The quantitative estimate of drug-likeness (QED) is 0.616. The van der Waals surface area contributed by atoms with E-state index < -0.39 is 9.05 Å². The van der Waals surface area contributed by atoms with Gasteiger partial charge in [-0.05, 0) is 25.1 Å². The van der Waals surface area contributed by atoms with E-state index in [1.165, 1.54) is 24.3 Å². The van der Waals surface area contributed by atoms with E-state index in [0.717, 1.165) is 0 Å². The Morgan fingerprint density at radius 3 is 2.85 bits per heavy atom. The van der Waals surface area contributed by atoms with Gasteiger partial charge in [0.25, 0.3) is 15.0 Å². The number of rotatable bonds is 7. The highest BCUT2D eigenvalue weighted by molar-refractivity contribution is 8.13. The Balaban J connectivity index is 2.67. The standard InChI is InChI=1S/C13H16ClNO4S/c1-3-7-19-10(2)9-15-13(16)11-5-4-6-12(8-11)20(14,17)18/h3-6,8,10H,1,7,9H2,2H3,(H,15,16). The average molecular weight is 318 g/mol. The van der Waals surface area contributed by atoms with E-state index in [2.05, 4.69) is 11.9 Å². The second-order valence-electron chi connectivity index (χ2n) is 4.11. The molecule has 0 saturated carbocycles. The summed E-state index contributed by atoms with van der Waals surface area (Å²) in [4.78, 5) is 11.8. The second-order valence-corrected chi connectivity index (χ2v) is 6.67. The molecule has 0 saturated heterocycles. The van der Waals surface area contributed by atoms with Crippen LogP contribution in [0, 0.1) is 0 Å². The van der Waals surface area contributed by atoms with Crippen molar-refractivity contribution in [3.8, 4) is 0 Å². The predicted octanol–water partition coefficient (Wildman–Crippen LogP) is 1.94. The molecule has 1 N–H and O–H groups in total. The Kier molecular flexibility index (Phi) is 6.19. The molecule has 1 amide bonds. The van der Waals surface area contributed by atoms with Crippen molar-refractivity contribution in [2.75, 3.05) is 13.2 Å². The monoisotopic (exact) mass is 317 g/mol. The molecule has 7 heteroatoms. The Morgan fingerprint density at radius 1 is 1.55 bits per heavy atom. The number of hydrogen-bond donors (Lipinski definition) is 1. The van der Waals surface area contributed by atoms with Crippen molar-refractivity contribution in [1.82, 2.24) is 5.32 Å². The van der Waals surface area contributed by atoms with Crippen molar-refractivity contribution < 1.29 is 17.9 Å². The molecule has 20 heavy (non-hydrogen) atoms. The Morgan fingerprint density at radius 2 is 2.25 bits per heavy atom. The third kappa shape index (κ3) is 5.32. The van der Waals surface area contributed by atoms with Crippen molar-refractivity contribution in [3.05, 3.63) is 42.5 Å². The summed E-state index contributed by atoms with van der Waals surface area (Å²) >= 11 is 0. The van der Waals surface area contributed by atoms with E-state index in [1.807, 2.05) is 6.92 Å². The minimum atomic E-state index is -3.85. The van der Waals surface area contributed by atoms with Crippen molar-refractivity contribution in [2.24, 2.45) is 0 Å². The molecule has 5 nitrogen and oxygen atoms in total. The van der Waals surface area contributed by atoms with E-state index in [1.54, 1.807) is 6.08 Å². The number of nitrogens with one attached hydrogen (secondary N) is 1. The molecule has 1 atom stereocenters. The summed E-state index contributed by atoms with van der Waals surface area (Å²) < 4.78 is 27.7. The van der Waals surface area contributed by atoms with Crippen LogP contribution in [0.1, 0.15) is 17.3 Å². The first-order valence-electron chi connectivity index (χ1n) is 5.90. The zero-order valence-corrected chi connectivity index (χ0v) is 12.6. The summed E-state index contributed by atoms with van der Waals surface area (Å²) in [6, 6.07) is 5.53. The van der Waals surface area contributed by atoms with Crippen molar-refractivity contribution >= 4 is 25.6 Å². The van der Waals surface area contributed by atoms with Crippen LogP contribution in [0.3, 0.4) is 0 Å². The van der Waals surface area contributed by atoms with Gasteiger partial charge in [0.2, 0.25) is 0 Å². The first kappa shape index (κ1) is 16.7. The lowest BCUT2D eigenvalue weighted by Gasteiger charge is -2.12. The van der Waals surface area contributed by atoms with Crippen LogP contribution in [-0.2, 0) is 13.8 Å². The van der Waals surface area contributed by atoms with Gasteiger partial charge in [-0.3, -0.25) is 4.79 Å². The van der Waals surface area contributed by atoms with E-state index in [-0.39, 0.29) is 22.5 Å². The normalized spacial score (nSPS) is 12.7. The number of halogens is 1. The zero-order chi connectivity index (χ0) is 15.2. The first-order chi connectivity index (χ1) is 9.34. The summed E-state index contributed by atoms with van der Waals surface area (Å²) in [6.07, 6.45) is 1.45. The topological polar surface area (TPSA) is 72.5 Å². The number of ether oxygens (including phenoxy) is 1. The SMILES string of the molecule is C=CCOC(C)CNC(=O)c1cccc(S(=O)(=O)Cl)c1. The molecule has 0 spiro atoms. The molecule has 0 fully saturated rings. The Labute approximate surface area is 123 Å². The predicted molar refractivity (Wildman–Crippen MR) is 77.4 cm³/mol. The number of benzene rings is 1. The lowest BCUT2D eigenvalue weighted by Crippen LogP contribution is -2.32. The van der Waals surface area contributed by atoms with Gasteiger partial charge in [-0.25, -0.2) is 8.42 Å². The Bertz CT molecular complexity index is 586. The summed E-state index contributed by atoms with van der Waals surface area (Å²) in [6.45, 7) is 6.05. The molecule has 1 aromatic carbocycles. The highest BCUT2D eigenvalue weighted by Crippen LogP contribution is 2.16. The van der Waals surface area contributed by atoms with Gasteiger partial charge >= 0.3 is 0 Å². The van der Waals surface area contributed by atoms with Crippen LogP contribution in [0.5, 0.6) is 0 Å². The molecule has 0 heterocycles. The molecule has 1 unspecified atom stereocenters. The molecular weight excluding hydrogens is 302 g/mol. The fraction of sp³-hybridized carbons (Fsp3) is 0.308. The van der Waals surface area contributed by atoms with Gasteiger partial charge in [0, 0.05) is 22.8 Å². The van der Waals surface area contributed by atoms with Gasteiger partial charge < -0.3 is 10.1 Å². The van der Waals surface area contributed by atoms with Gasteiger partial charge in [-0.15, -0.1) is 6.58 Å².